The third kappa shape index (κ3) is 5.94. The molecule has 2 amide bonds. The fourth-order valence-corrected chi connectivity index (χ4v) is 5.16. The Hall–Kier alpha value is -3.10. The van der Waals surface area contributed by atoms with Crippen molar-refractivity contribution in [1.29, 1.82) is 0 Å². The highest BCUT2D eigenvalue weighted by molar-refractivity contribution is 5.82. The zero-order valence-electron chi connectivity index (χ0n) is 20.8. The van der Waals surface area contributed by atoms with Gasteiger partial charge in [0.25, 0.3) is 5.56 Å². The zero-order chi connectivity index (χ0) is 24.8. The van der Waals surface area contributed by atoms with Gasteiger partial charge in [-0.05, 0) is 38.2 Å². The van der Waals surface area contributed by atoms with E-state index in [2.05, 4.69) is 10.3 Å². The number of fused-ring (bicyclic) bond motifs is 1. The lowest BCUT2D eigenvalue weighted by Crippen LogP contribution is -2.48. The van der Waals surface area contributed by atoms with Crippen LogP contribution in [0.5, 0.6) is 11.5 Å². The average Bonchev–Trinajstić information content (AvgIpc) is 2.90. The van der Waals surface area contributed by atoms with Crippen LogP contribution in [0.3, 0.4) is 0 Å². The molecule has 1 aromatic heterocycles. The molecule has 190 valence electrons. The molecule has 0 unspecified atom stereocenters. The van der Waals surface area contributed by atoms with E-state index in [-0.39, 0.29) is 29.3 Å². The molecule has 1 N–H and O–H groups in total. The molecule has 1 aliphatic carbocycles. The third-order valence-corrected chi connectivity index (χ3v) is 7.29. The second-order valence-electron chi connectivity index (χ2n) is 9.57. The number of benzene rings is 1. The molecule has 1 saturated heterocycles. The van der Waals surface area contributed by atoms with Gasteiger partial charge in [0.15, 0.2) is 11.5 Å². The Bertz CT molecular complexity index is 1100. The maximum atomic E-state index is 12.9. The van der Waals surface area contributed by atoms with Crippen molar-refractivity contribution in [2.45, 2.75) is 70.4 Å². The number of carbonyl (C=O) groups excluding carboxylic acids is 2. The normalized spacial score (nSPS) is 17.4. The maximum Gasteiger partial charge on any atom is 0.261 e. The first kappa shape index (κ1) is 25.0. The molecular weight excluding hydrogens is 448 g/mol. The van der Waals surface area contributed by atoms with Crippen LogP contribution in [0.4, 0.5) is 0 Å². The number of hydrogen-bond donors (Lipinski definition) is 1. The van der Waals surface area contributed by atoms with Gasteiger partial charge in [0.1, 0.15) is 0 Å². The van der Waals surface area contributed by atoms with Crippen molar-refractivity contribution in [3.05, 3.63) is 28.8 Å². The molecule has 0 bridgehead atoms. The number of hydrogen-bond acceptors (Lipinski definition) is 6. The molecule has 1 aromatic carbocycles. The van der Waals surface area contributed by atoms with E-state index in [9.17, 15) is 14.4 Å². The summed E-state index contributed by atoms with van der Waals surface area (Å²) >= 11 is 0. The predicted molar refractivity (Wildman–Crippen MR) is 133 cm³/mol. The van der Waals surface area contributed by atoms with E-state index in [4.69, 9.17) is 9.47 Å². The van der Waals surface area contributed by atoms with Gasteiger partial charge in [-0.25, -0.2) is 4.98 Å². The summed E-state index contributed by atoms with van der Waals surface area (Å²) in [6, 6.07) is 3.49. The minimum Gasteiger partial charge on any atom is -0.493 e. The van der Waals surface area contributed by atoms with Gasteiger partial charge >= 0.3 is 0 Å². The number of likely N-dealkylation sites (tertiary alicyclic amines) is 1. The van der Waals surface area contributed by atoms with Crippen LogP contribution >= 0.6 is 0 Å². The number of amides is 2. The Labute approximate surface area is 205 Å². The van der Waals surface area contributed by atoms with Crippen LogP contribution in [-0.4, -0.2) is 59.6 Å². The molecule has 9 heteroatoms. The average molecular weight is 485 g/mol. The third-order valence-electron chi connectivity index (χ3n) is 7.29. The molecular formula is C26H36N4O5. The van der Waals surface area contributed by atoms with Crippen LogP contribution in [0.1, 0.15) is 57.8 Å². The summed E-state index contributed by atoms with van der Waals surface area (Å²) in [6.45, 7) is 1.73. The second-order valence-corrected chi connectivity index (χ2v) is 9.57. The number of aryl methyl sites for hydroxylation is 1. The molecule has 2 aromatic rings. The molecule has 4 rings (SSSR count). The van der Waals surface area contributed by atoms with Gasteiger partial charge in [-0.15, -0.1) is 0 Å². The second kappa shape index (κ2) is 11.6. The molecule has 2 fully saturated rings. The standard InChI is InChI=1S/C26H36N4O5/c1-34-22-15-20-21(16-23(22)35-2)27-17-30(26(20)33)12-6-9-24(31)29-13-10-19(11-14-29)28-25(32)18-7-4-3-5-8-18/h15-19H,3-14H2,1-2H3,(H,28,32). The van der Waals surface area contributed by atoms with E-state index in [1.165, 1.54) is 31.5 Å². The summed E-state index contributed by atoms with van der Waals surface area (Å²) in [5.74, 6) is 1.45. The van der Waals surface area contributed by atoms with Crippen LogP contribution in [0.2, 0.25) is 0 Å². The Kier molecular flexibility index (Phi) is 8.25. The highest BCUT2D eigenvalue weighted by Crippen LogP contribution is 2.30. The van der Waals surface area contributed by atoms with E-state index in [1.807, 2.05) is 4.90 Å². The topological polar surface area (TPSA) is 103 Å². The van der Waals surface area contributed by atoms with Crippen molar-refractivity contribution >= 4 is 22.7 Å². The summed E-state index contributed by atoms with van der Waals surface area (Å²) in [5, 5.41) is 3.66. The number of aromatic nitrogens is 2. The van der Waals surface area contributed by atoms with Gasteiger partial charge in [0, 0.05) is 44.1 Å². The Morgan fingerprint density at radius 3 is 2.40 bits per heavy atom. The summed E-state index contributed by atoms with van der Waals surface area (Å²) in [4.78, 5) is 44.4. The number of piperidine rings is 1. The smallest absolute Gasteiger partial charge is 0.261 e. The lowest BCUT2D eigenvalue weighted by molar-refractivity contribution is -0.132. The van der Waals surface area contributed by atoms with Gasteiger partial charge in [-0.1, -0.05) is 19.3 Å². The molecule has 1 aliphatic heterocycles. The summed E-state index contributed by atoms with van der Waals surface area (Å²) in [5.41, 5.74) is 0.372. The first-order chi connectivity index (χ1) is 17.0. The molecule has 0 spiro atoms. The molecule has 9 nitrogen and oxygen atoms in total. The molecule has 2 aliphatic rings. The largest absolute Gasteiger partial charge is 0.493 e. The summed E-state index contributed by atoms with van der Waals surface area (Å²) < 4.78 is 12.1. The highest BCUT2D eigenvalue weighted by Gasteiger charge is 2.27. The minimum atomic E-state index is -0.169. The van der Waals surface area contributed by atoms with Gasteiger partial charge in [-0.3, -0.25) is 19.0 Å². The van der Waals surface area contributed by atoms with Crippen LogP contribution in [0.25, 0.3) is 10.9 Å². The summed E-state index contributed by atoms with van der Waals surface area (Å²) in [7, 11) is 3.07. The first-order valence-electron chi connectivity index (χ1n) is 12.7. The van der Waals surface area contributed by atoms with Gasteiger partial charge in [0.05, 0.1) is 31.4 Å². The maximum absolute atomic E-state index is 12.9. The van der Waals surface area contributed by atoms with Crippen molar-refractivity contribution in [3.63, 3.8) is 0 Å². The minimum absolute atomic E-state index is 0.0928. The van der Waals surface area contributed by atoms with Crippen molar-refractivity contribution < 1.29 is 19.1 Å². The quantitative estimate of drug-likeness (QED) is 0.618. The monoisotopic (exact) mass is 484 g/mol. The number of methoxy groups -OCH3 is 2. The van der Waals surface area contributed by atoms with Crippen LogP contribution in [0, 0.1) is 5.92 Å². The van der Waals surface area contributed by atoms with Gasteiger partial charge in [-0.2, -0.15) is 0 Å². The number of carbonyl (C=O) groups is 2. The van der Waals surface area contributed by atoms with Crippen LogP contribution < -0.4 is 20.3 Å². The van der Waals surface area contributed by atoms with E-state index in [0.717, 1.165) is 38.5 Å². The van der Waals surface area contributed by atoms with E-state index in [1.54, 1.807) is 12.1 Å². The lowest BCUT2D eigenvalue weighted by Gasteiger charge is -2.33. The molecule has 1 saturated carbocycles. The van der Waals surface area contributed by atoms with Crippen molar-refractivity contribution in [1.82, 2.24) is 19.8 Å². The molecule has 0 atom stereocenters. The van der Waals surface area contributed by atoms with Crippen molar-refractivity contribution in [2.75, 3.05) is 27.3 Å². The molecule has 2 heterocycles. The van der Waals surface area contributed by atoms with Gasteiger partial charge < -0.3 is 19.7 Å². The zero-order valence-corrected chi connectivity index (χ0v) is 20.8. The van der Waals surface area contributed by atoms with Gasteiger partial charge in [0.2, 0.25) is 11.8 Å². The molecule has 35 heavy (non-hydrogen) atoms. The van der Waals surface area contributed by atoms with E-state index < -0.39 is 0 Å². The van der Waals surface area contributed by atoms with Crippen LogP contribution in [-0.2, 0) is 16.1 Å². The lowest BCUT2D eigenvalue weighted by atomic mass is 9.88. The summed E-state index contributed by atoms with van der Waals surface area (Å²) in [6.07, 6.45) is 9.56. The van der Waals surface area contributed by atoms with E-state index >= 15 is 0 Å². The fraction of sp³-hybridized carbons (Fsp3) is 0.615. The van der Waals surface area contributed by atoms with Crippen molar-refractivity contribution in [2.24, 2.45) is 5.92 Å². The Balaban J connectivity index is 1.25. The SMILES string of the molecule is COc1cc2ncn(CCCC(=O)N3CCC(NC(=O)C4CCCCC4)CC3)c(=O)c2cc1OC. The predicted octanol–water partition coefficient (Wildman–Crippen LogP) is 2.88. The number of ether oxygens (including phenoxy) is 2. The fourth-order valence-electron chi connectivity index (χ4n) is 5.16. The van der Waals surface area contributed by atoms with Crippen molar-refractivity contribution in [3.8, 4) is 11.5 Å². The van der Waals surface area contributed by atoms with E-state index in [0.29, 0.717) is 54.9 Å². The number of rotatable bonds is 8. The highest BCUT2D eigenvalue weighted by atomic mass is 16.5. The Morgan fingerprint density at radius 1 is 1.03 bits per heavy atom. The Morgan fingerprint density at radius 2 is 1.71 bits per heavy atom. The number of nitrogens with one attached hydrogen (secondary N) is 1. The molecule has 0 radical (unpaired) electrons. The number of nitrogens with zero attached hydrogens (tertiary/aromatic N) is 3. The first-order valence-corrected chi connectivity index (χ1v) is 12.7. The van der Waals surface area contributed by atoms with Crippen LogP contribution in [0.15, 0.2) is 23.3 Å².